The predicted molar refractivity (Wildman–Crippen MR) is 89.3 cm³/mol. The molecule has 2 aromatic carbocycles. The maximum Gasteiger partial charge on any atom is 0.258 e. The molecule has 0 spiro atoms. The molecule has 23 heavy (non-hydrogen) atoms. The summed E-state index contributed by atoms with van der Waals surface area (Å²) >= 11 is 0. The molecule has 1 N–H and O–H groups in total. The van der Waals surface area contributed by atoms with Crippen molar-refractivity contribution in [3.8, 4) is 0 Å². The van der Waals surface area contributed by atoms with Gasteiger partial charge >= 0.3 is 0 Å². The van der Waals surface area contributed by atoms with Gasteiger partial charge in [-0.05, 0) is 23.3 Å². The lowest BCUT2D eigenvalue weighted by Crippen LogP contribution is -2.30. The molecule has 0 aliphatic carbocycles. The first kappa shape index (κ1) is 15.4. The van der Waals surface area contributed by atoms with E-state index < -0.39 is 16.1 Å². The average Bonchev–Trinajstić information content (AvgIpc) is 2.62. The predicted octanol–water partition coefficient (Wildman–Crippen LogP) is 3.15. The molecule has 0 amide bonds. The monoisotopic (exact) mass is 324 g/mol. The fourth-order valence-corrected chi connectivity index (χ4v) is 3.50. The van der Waals surface area contributed by atoms with Gasteiger partial charge in [0.05, 0.1) is 6.04 Å². The molecular formula is C18H16N2O2S. The number of nitrogens with one attached hydrogen (secondary N) is 1. The average molecular weight is 324 g/mol. The van der Waals surface area contributed by atoms with Crippen molar-refractivity contribution in [1.29, 1.82) is 0 Å². The standard InChI is InChI=1S/C18H16N2O2S/c21-23(22,17-13-7-8-14-19-17)20-18(15-9-3-1-4-10-15)16-11-5-2-6-12-16/h1-14,18,20H. The Balaban J connectivity index is 2.00. The molecule has 0 saturated heterocycles. The number of aromatic nitrogens is 1. The first-order chi connectivity index (χ1) is 11.2. The number of benzene rings is 2. The van der Waals surface area contributed by atoms with Crippen LogP contribution in [0.1, 0.15) is 17.2 Å². The third-order valence-corrected chi connectivity index (χ3v) is 4.79. The fraction of sp³-hybridized carbons (Fsp3) is 0.0556. The van der Waals surface area contributed by atoms with Crippen molar-refractivity contribution in [2.24, 2.45) is 0 Å². The molecule has 116 valence electrons. The second-order valence-electron chi connectivity index (χ2n) is 5.04. The van der Waals surface area contributed by atoms with Crippen molar-refractivity contribution >= 4 is 10.0 Å². The van der Waals surface area contributed by atoms with Gasteiger partial charge in [0.2, 0.25) is 0 Å². The minimum atomic E-state index is -3.72. The van der Waals surface area contributed by atoms with E-state index in [1.165, 1.54) is 12.3 Å². The quantitative estimate of drug-likeness (QED) is 0.784. The lowest BCUT2D eigenvalue weighted by molar-refractivity contribution is 0.568. The molecule has 4 nitrogen and oxygen atoms in total. The van der Waals surface area contributed by atoms with E-state index in [0.717, 1.165) is 11.1 Å². The third-order valence-electron chi connectivity index (χ3n) is 3.45. The fourth-order valence-electron chi connectivity index (χ4n) is 2.34. The smallest absolute Gasteiger partial charge is 0.243 e. The summed E-state index contributed by atoms with van der Waals surface area (Å²) in [4.78, 5) is 3.94. The largest absolute Gasteiger partial charge is 0.258 e. The van der Waals surface area contributed by atoms with E-state index in [1.807, 2.05) is 60.7 Å². The molecule has 3 rings (SSSR count). The van der Waals surface area contributed by atoms with Crippen LogP contribution in [0.3, 0.4) is 0 Å². The Hall–Kier alpha value is -2.50. The second-order valence-corrected chi connectivity index (χ2v) is 6.70. The zero-order chi connectivity index (χ0) is 16.1. The van der Waals surface area contributed by atoms with E-state index in [4.69, 9.17) is 0 Å². The van der Waals surface area contributed by atoms with Crippen LogP contribution in [-0.2, 0) is 10.0 Å². The number of sulfonamides is 1. The van der Waals surface area contributed by atoms with E-state index in [-0.39, 0.29) is 5.03 Å². The summed E-state index contributed by atoms with van der Waals surface area (Å²) in [5.74, 6) is 0. The normalized spacial score (nSPS) is 11.5. The molecule has 1 aromatic heterocycles. The van der Waals surface area contributed by atoms with Gasteiger partial charge in [0.15, 0.2) is 5.03 Å². The maximum atomic E-state index is 12.6. The molecule has 0 radical (unpaired) electrons. The molecular weight excluding hydrogens is 308 g/mol. The molecule has 1 heterocycles. The molecule has 0 unspecified atom stereocenters. The van der Waals surface area contributed by atoms with Gasteiger partial charge in [0.25, 0.3) is 10.0 Å². The zero-order valence-electron chi connectivity index (χ0n) is 12.3. The molecule has 0 aliphatic rings. The summed E-state index contributed by atoms with van der Waals surface area (Å²) in [6, 6.07) is 23.3. The molecule has 3 aromatic rings. The highest BCUT2D eigenvalue weighted by atomic mass is 32.2. The Morgan fingerprint density at radius 1 is 0.739 bits per heavy atom. The van der Waals surface area contributed by atoms with Crippen molar-refractivity contribution in [3.63, 3.8) is 0 Å². The van der Waals surface area contributed by atoms with E-state index in [2.05, 4.69) is 9.71 Å². The third kappa shape index (κ3) is 3.64. The van der Waals surface area contributed by atoms with Gasteiger partial charge in [-0.3, -0.25) is 0 Å². The van der Waals surface area contributed by atoms with Gasteiger partial charge in [-0.25, -0.2) is 13.4 Å². The lowest BCUT2D eigenvalue weighted by atomic mass is 10.00. The Labute approximate surface area is 135 Å². The summed E-state index contributed by atoms with van der Waals surface area (Å²) in [6.45, 7) is 0. The highest BCUT2D eigenvalue weighted by Crippen LogP contribution is 2.23. The van der Waals surface area contributed by atoms with Crippen LogP contribution < -0.4 is 4.72 Å². The van der Waals surface area contributed by atoms with Crippen LogP contribution in [0.2, 0.25) is 0 Å². The van der Waals surface area contributed by atoms with Gasteiger partial charge in [-0.15, -0.1) is 0 Å². The van der Waals surface area contributed by atoms with Crippen molar-refractivity contribution in [1.82, 2.24) is 9.71 Å². The Morgan fingerprint density at radius 2 is 1.26 bits per heavy atom. The maximum absolute atomic E-state index is 12.6. The summed E-state index contributed by atoms with van der Waals surface area (Å²) in [5, 5.41) is 0.0110. The van der Waals surface area contributed by atoms with Gasteiger partial charge in [0.1, 0.15) is 0 Å². The van der Waals surface area contributed by atoms with E-state index in [9.17, 15) is 8.42 Å². The van der Waals surface area contributed by atoms with E-state index >= 15 is 0 Å². The molecule has 0 atom stereocenters. The number of hydrogen-bond acceptors (Lipinski definition) is 3. The Morgan fingerprint density at radius 3 is 1.74 bits per heavy atom. The van der Waals surface area contributed by atoms with E-state index in [1.54, 1.807) is 12.1 Å². The van der Waals surface area contributed by atoms with Gasteiger partial charge in [-0.2, -0.15) is 4.72 Å². The van der Waals surface area contributed by atoms with Crippen LogP contribution >= 0.6 is 0 Å². The highest BCUT2D eigenvalue weighted by molar-refractivity contribution is 7.89. The van der Waals surface area contributed by atoms with Crippen molar-refractivity contribution in [3.05, 3.63) is 96.2 Å². The summed E-state index contributed by atoms with van der Waals surface area (Å²) in [6.07, 6.45) is 1.47. The van der Waals surface area contributed by atoms with Gasteiger partial charge < -0.3 is 0 Å². The molecule has 0 saturated carbocycles. The topological polar surface area (TPSA) is 59.1 Å². The molecule has 0 aliphatic heterocycles. The van der Waals surface area contributed by atoms with Crippen molar-refractivity contribution in [2.45, 2.75) is 11.1 Å². The summed E-state index contributed by atoms with van der Waals surface area (Å²) < 4.78 is 28.0. The van der Waals surface area contributed by atoms with Gasteiger partial charge in [0, 0.05) is 6.20 Å². The number of nitrogens with zero attached hydrogens (tertiary/aromatic N) is 1. The first-order valence-electron chi connectivity index (χ1n) is 7.20. The first-order valence-corrected chi connectivity index (χ1v) is 8.68. The van der Waals surface area contributed by atoms with E-state index in [0.29, 0.717) is 0 Å². The Bertz CT molecular complexity index is 812. The number of rotatable bonds is 5. The zero-order valence-corrected chi connectivity index (χ0v) is 13.1. The molecule has 0 fully saturated rings. The van der Waals surface area contributed by atoms with Crippen LogP contribution in [0.25, 0.3) is 0 Å². The lowest BCUT2D eigenvalue weighted by Gasteiger charge is -2.19. The highest BCUT2D eigenvalue weighted by Gasteiger charge is 2.23. The number of pyridine rings is 1. The summed E-state index contributed by atoms with van der Waals surface area (Å²) in [7, 11) is -3.72. The minimum Gasteiger partial charge on any atom is -0.243 e. The van der Waals surface area contributed by atoms with Crippen LogP contribution in [0.15, 0.2) is 90.1 Å². The SMILES string of the molecule is O=S(=O)(NC(c1ccccc1)c1ccccc1)c1ccccn1. The van der Waals surface area contributed by atoms with Crippen LogP contribution in [0.4, 0.5) is 0 Å². The van der Waals surface area contributed by atoms with Gasteiger partial charge in [-0.1, -0.05) is 66.7 Å². The van der Waals surface area contributed by atoms with Crippen LogP contribution in [0.5, 0.6) is 0 Å². The van der Waals surface area contributed by atoms with Crippen LogP contribution in [0, 0.1) is 0 Å². The molecule has 5 heteroatoms. The second kappa shape index (κ2) is 6.73. The molecule has 0 bridgehead atoms. The van der Waals surface area contributed by atoms with Crippen molar-refractivity contribution < 1.29 is 8.42 Å². The van der Waals surface area contributed by atoms with Crippen LogP contribution in [-0.4, -0.2) is 13.4 Å². The number of hydrogen-bond donors (Lipinski definition) is 1. The minimum absolute atomic E-state index is 0.0110. The Kier molecular flexibility index (Phi) is 4.50. The van der Waals surface area contributed by atoms with Crippen molar-refractivity contribution in [2.75, 3.05) is 0 Å². The summed E-state index contributed by atoms with van der Waals surface area (Å²) in [5.41, 5.74) is 1.75.